The maximum absolute atomic E-state index is 9.17. The van der Waals surface area contributed by atoms with Crippen molar-refractivity contribution in [2.75, 3.05) is 11.1 Å². The number of nitrogens with two attached hydrogens (primary N) is 1. The molecule has 0 unspecified atom stereocenters. The van der Waals surface area contributed by atoms with Crippen molar-refractivity contribution < 1.29 is 9.84 Å². The average molecular weight is 385 g/mol. The third kappa shape index (κ3) is 4.66. The SMILES string of the molecule is Nc1nc(Nc2ccc(Oc3ccnc(CO)c3)cc2)cc(-c2ccccc2)n1. The highest BCUT2D eigenvalue weighted by Gasteiger charge is 2.06. The number of nitrogen functional groups attached to an aromatic ring is 1. The summed E-state index contributed by atoms with van der Waals surface area (Å²) in [7, 11) is 0. The average Bonchev–Trinajstić information content (AvgIpc) is 2.75. The maximum atomic E-state index is 9.17. The second kappa shape index (κ2) is 8.37. The van der Waals surface area contributed by atoms with Gasteiger partial charge in [0, 0.05) is 29.6 Å². The number of benzene rings is 2. The van der Waals surface area contributed by atoms with E-state index >= 15 is 0 Å². The van der Waals surface area contributed by atoms with Crippen LogP contribution >= 0.6 is 0 Å². The molecule has 0 bridgehead atoms. The van der Waals surface area contributed by atoms with Crippen LogP contribution in [0.15, 0.2) is 79.0 Å². The van der Waals surface area contributed by atoms with E-state index in [4.69, 9.17) is 10.5 Å². The van der Waals surface area contributed by atoms with Crippen LogP contribution < -0.4 is 15.8 Å². The van der Waals surface area contributed by atoms with E-state index in [1.807, 2.05) is 60.7 Å². The first-order chi connectivity index (χ1) is 14.2. The fourth-order valence-corrected chi connectivity index (χ4v) is 2.78. The van der Waals surface area contributed by atoms with Gasteiger partial charge in [-0.1, -0.05) is 30.3 Å². The topological polar surface area (TPSA) is 106 Å². The molecule has 2 aromatic heterocycles. The quantitative estimate of drug-likeness (QED) is 0.458. The number of anilines is 3. The molecule has 0 saturated carbocycles. The summed E-state index contributed by atoms with van der Waals surface area (Å²) in [5.74, 6) is 2.08. The van der Waals surface area contributed by atoms with Crippen molar-refractivity contribution in [3.8, 4) is 22.8 Å². The molecular weight excluding hydrogens is 366 g/mol. The van der Waals surface area contributed by atoms with Gasteiger partial charge in [-0.2, -0.15) is 4.98 Å². The first-order valence-electron chi connectivity index (χ1n) is 9.00. The van der Waals surface area contributed by atoms with Crippen molar-refractivity contribution >= 4 is 17.5 Å². The van der Waals surface area contributed by atoms with E-state index in [0.717, 1.165) is 16.9 Å². The van der Waals surface area contributed by atoms with Crippen LogP contribution in [0.4, 0.5) is 17.5 Å². The van der Waals surface area contributed by atoms with Crippen LogP contribution in [0, 0.1) is 0 Å². The zero-order valence-corrected chi connectivity index (χ0v) is 15.5. The van der Waals surface area contributed by atoms with E-state index in [2.05, 4.69) is 20.3 Å². The van der Waals surface area contributed by atoms with E-state index < -0.39 is 0 Å². The summed E-state index contributed by atoms with van der Waals surface area (Å²) in [6, 6.07) is 22.5. The summed E-state index contributed by atoms with van der Waals surface area (Å²) < 4.78 is 5.80. The fraction of sp³-hybridized carbons (Fsp3) is 0.0455. The van der Waals surface area contributed by atoms with Crippen molar-refractivity contribution in [1.82, 2.24) is 15.0 Å². The lowest BCUT2D eigenvalue weighted by Crippen LogP contribution is -2.01. The van der Waals surface area contributed by atoms with Gasteiger partial charge in [-0.3, -0.25) is 4.98 Å². The number of aliphatic hydroxyl groups is 1. The number of rotatable bonds is 6. The molecule has 0 atom stereocenters. The number of hydrogen-bond donors (Lipinski definition) is 3. The Kier molecular flexibility index (Phi) is 5.31. The Morgan fingerprint density at radius 3 is 2.45 bits per heavy atom. The minimum Gasteiger partial charge on any atom is -0.457 e. The Hall–Kier alpha value is -3.97. The maximum Gasteiger partial charge on any atom is 0.222 e. The molecule has 0 radical (unpaired) electrons. The predicted molar refractivity (Wildman–Crippen MR) is 112 cm³/mol. The first kappa shape index (κ1) is 18.4. The summed E-state index contributed by atoms with van der Waals surface area (Å²) in [6.07, 6.45) is 1.60. The normalized spacial score (nSPS) is 10.5. The summed E-state index contributed by atoms with van der Waals surface area (Å²) in [5, 5.41) is 12.4. The molecule has 0 aliphatic heterocycles. The van der Waals surface area contributed by atoms with Crippen LogP contribution in [0.5, 0.6) is 11.5 Å². The molecule has 0 spiro atoms. The third-order valence-corrected chi connectivity index (χ3v) is 4.13. The Labute approximate surface area is 167 Å². The van der Waals surface area contributed by atoms with Gasteiger partial charge in [0.15, 0.2) is 0 Å². The number of hydrogen-bond acceptors (Lipinski definition) is 7. The molecule has 4 aromatic rings. The monoisotopic (exact) mass is 385 g/mol. The Balaban J connectivity index is 1.49. The Bertz CT molecular complexity index is 1100. The molecular formula is C22H19N5O2. The van der Waals surface area contributed by atoms with Crippen molar-refractivity contribution in [1.29, 1.82) is 0 Å². The number of pyridine rings is 1. The number of nitrogens with zero attached hydrogens (tertiary/aromatic N) is 3. The van der Waals surface area contributed by atoms with Gasteiger partial charge in [-0.05, 0) is 30.3 Å². The standard InChI is InChI=1S/C22H19N5O2/c23-22-26-20(15-4-2-1-3-5-15)13-21(27-22)25-16-6-8-18(9-7-16)29-19-10-11-24-17(12-19)14-28/h1-13,28H,14H2,(H3,23,25,26,27). The highest BCUT2D eigenvalue weighted by atomic mass is 16.5. The summed E-state index contributed by atoms with van der Waals surface area (Å²) in [4.78, 5) is 12.6. The molecule has 0 amide bonds. The van der Waals surface area contributed by atoms with Gasteiger partial charge in [-0.25, -0.2) is 4.98 Å². The first-order valence-corrected chi connectivity index (χ1v) is 9.00. The van der Waals surface area contributed by atoms with Crippen LogP contribution in [0.3, 0.4) is 0 Å². The number of ether oxygens (including phenoxy) is 1. The van der Waals surface area contributed by atoms with E-state index in [1.165, 1.54) is 0 Å². The largest absolute Gasteiger partial charge is 0.457 e. The van der Waals surface area contributed by atoms with Gasteiger partial charge in [0.1, 0.15) is 17.3 Å². The zero-order chi connectivity index (χ0) is 20.1. The smallest absolute Gasteiger partial charge is 0.222 e. The van der Waals surface area contributed by atoms with Crippen LogP contribution in [0.1, 0.15) is 5.69 Å². The molecule has 2 heterocycles. The third-order valence-electron chi connectivity index (χ3n) is 4.13. The molecule has 0 fully saturated rings. The second-order valence-corrected chi connectivity index (χ2v) is 6.26. The predicted octanol–water partition coefficient (Wildman–Crippen LogP) is 4.15. The summed E-state index contributed by atoms with van der Waals surface area (Å²) in [6.45, 7) is -0.132. The van der Waals surface area contributed by atoms with E-state index in [0.29, 0.717) is 23.0 Å². The van der Waals surface area contributed by atoms with Crippen molar-refractivity contribution in [3.05, 3.63) is 84.7 Å². The van der Waals surface area contributed by atoms with Crippen molar-refractivity contribution in [2.45, 2.75) is 6.61 Å². The number of aromatic nitrogens is 3. The van der Waals surface area contributed by atoms with Crippen molar-refractivity contribution in [3.63, 3.8) is 0 Å². The molecule has 0 aliphatic rings. The Morgan fingerprint density at radius 1 is 0.897 bits per heavy atom. The van der Waals surface area contributed by atoms with Crippen LogP contribution in [0.2, 0.25) is 0 Å². The molecule has 0 aliphatic carbocycles. The van der Waals surface area contributed by atoms with Crippen molar-refractivity contribution in [2.24, 2.45) is 0 Å². The number of nitrogens with one attached hydrogen (secondary N) is 1. The van der Waals surface area contributed by atoms with Gasteiger partial charge < -0.3 is 20.9 Å². The number of aliphatic hydroxyl groups excluding tert-OH is 1. The van der Waals surface area contributed by atoms with Crippen LogP contribution in [-0.2, 0) is 6.61 Å². The van der Waals surface area contributed by atoms with Gasteiger partial charge in [0.05, 0.1) is 18.0 Å². The van der Waals surface area contributed by atoms with Crippen LogP contribution in [-0.4, -0.2) is 20.1 Å². The molecule has 144 valence electrons. The fourth-order valence-electron chi connectivity index (χ4n) is 2.78. The van der Waals surface area contributed by atoms with Crippen LogP contribution in [0.25, 0.3) is 11.3 Å². The lowest BCUT2D eigenvalue weighted by molar-refractivity contribution is 0.276. The zero-order valence-electron chi connectivity index (χ0n) is 15.5. The highest BCUT2D eigenvalue weighted by molar-refractivity contribution is 5.67. The lowest BCUT2D eigenvalue weighted by Gasteiger charge is -2.10. The highest BCUT2D eigenvalue weighted by Crippen LogP contribution is 2.26. The molecule has 4 N–H and O–H groups in total. The van der Waals surface area contributed by atoms with Gasteiger partial charge in [-0.15, -0.1) is 0 Å². The Morgan fingerprint density at radius 2 is 1.69 bits per heavy atom. The molecule has 7 heteroatoms. The van der Waals surface area contributed by atoms with E-state index in [-0.39, 0.29) is 12.6 Å². The lowest BCUT2D eigenvalue weighted by atomic mass is 10.1. The molecule has 4 rings (SSSR count). The van der Waals surface area contributed by atoms with E-state index in [9.17, 15) is 5.11 Å². The minimum atomic E-state index is -0.132. The molecule has 7 nitrogen and oxygen atoms in total. The van der Waals surface area contributed by atoms with Gasteiger partial charge in [0.25, 0.3) is 0 Å². The second-order valence-electron chi connectivity index (χ2n) is 6.26. The molecule has 0 saturated heterocycles. The summed E-state index contributed by atoms with van der Waals surface area (Å²) >= 11 is 0. The minimum absolute atomic E-state index is 0.132. The summed E-state index contributed by atoms with van der Waals surface area (Å²) in [5.41, 5.74) is 8.98. The van der Waals surface area contributed by atoms with Gasteiger partial charge in [0.2, 0.25) is 5.95 Å². The van der Waals surface area contributed by atoms with Gasteiger partial charge >= 0.3 is 0 Å². The molecule has 2 aromatic carbocycles. The van der Waals surface area contributed by atoms with E-state index in [1.54, 1.807) is 18.3 Å². The molecule has 29 heavy (non-hydrogen) atoms.